The first-order valence-electron chi connectivity index (χ1n) is 11.1. The molecule has 1 N–H and O–H groups in total. The minimum atomic E-state index is -3.94. The number of rotatable bonds is 20. The fourth-order valence-corrected chi connectivity index (χ4v) is 3.67. The van der Waals surface area contributed by atoms with Gasteiger partial charge in [0.05, 0.1) is 5.75 Å². The Morgan fingerprint density at radius 1 is 0.750 bits per heavy atom. The van der Waals surface area contributed by atoms with Crippen molar-refractivity contribution in [3.8, 4) is 0 Å². The Morgan fingerprint density at radius 3 is 1.54 bits per heavy atom. The van der Waals surface area contributed by atoms with E-state index in [9.17, 15) is 13.5 Å². The Hall–Kier alpha value is 1.02. The molecule has 162 valence electrons. The van der Waals surface area contributed by atoms with Crippen LogP contribution >= 0.6 is 0 Å². The average Bonchev–Trinajstić information content (AvgIpc) is 2.61. The van der Waals surface area contributed by atoms with E-state index in [4.69, 9.17) is 4.55 Å². The summed E-state index contributed by atoms with van der Waals surface area (Å²) < 4.78 is 29.6. The quantitative estimate of drug-likeness (QED) is 0.103. The second-order valence-corrected chi connectivity index (χ2v) is 9.19. The van der Waals surface area contributed by atoms with Crippen molar-refractivity contribution in [2.24, 2.45) is 4.99 Å². The SMILES string of the molecule is CCCCCCCCCCCCCCCCCC([O-])=NCCCS(=O)(=O)O.[K+]. The number of unbranched alkanes of at least 4 members (excludes halogenated alkanes) is 14. The minimum Gasteiger partial charge on any atom is -0.862 e. The van der Waals surface area contributed by atoms with Crippen LogP contribution in [-0.2, 0) is 10.1 Å². The number of aliphatic imine (C=N–C) groups is 1. The van der Waals surface area contributed by atoms with E-state index >= 15 is 0 Å². The van der Waals surface area contributed by atoms with Crippen LogP contribution in [0, 0.1) is 0 Å². The van der Waals surface area contributed by atoms with Gasteiger partial charge in [-0.05, 0) is 25.2 Å². The molecule has 5 nitrogen and oxygen atoms in total. The van der Waals surface area contributed by atoms with Gasteiger partial charge >= 0.3 is 51.4 Å². The van der Waals surface area contributed by atoms with E-state index < -0.39 is 10.1 Å². The largest absolute Gasteiger partial charge is 1.00 e. The molecule has 0 radical (unpaired) electrons. The van der Waals surface area contributed by atoms with Gasteiger partial charge in [-0.15, -0.1) is 0 Å². The van der Waals surface area contributed by atoms with Gasteiger partial charge in [-0.3, -0.25) is 4.55 Å². The van der Waals surface area contributed by atoms with Gasteiger partial charge in [0, 0.05) is 6.54 Å². The normalized spacial score (nSPS) is 12.1. The monoisotopic (exact) mass is 443 g/mol. The van der Waals surface area contributed by atoms with E-state index in [0.717, 1.165) is 12.8 Å². The maximum atomic E-state index is 11.5. The summed E-state index contributed by atoms with van der Waals surface area (Å²) in [6.07, 6.45) is 20.1. The molecule has 0 aromatic heterocycles. The van der Waals surface area contributed by atoms with Gasteiger partial charge < -0.3 is 10.1 Å². The summed E-state index contributed by atoms with van der Waals surface area (Å²) in [5.41, 5.74) is 0. The summed E-state index contributed by atoms with van der Waals surface area (Å²) in [5.74, 6) is -0.483. The van der Waals surface area contributed by atoms with Crippen LogP contribution < -0.4 is 56.5 Å². The summed E-state index contributed by atoms with van der Waals surface area (Å²) in [6, 6.07) is 0. The van der Waals surface area contributed by atoms with Crippen LogP contribution in [0.3, 0.4) is 0 Å². The minimum absolute atomic E-state index is 0. The number of hydrogen-bond acceptors (Lipinski definition) is 4. The van der Waals surface area contributed by atoms with Crippen molar-refractivity contribution in [2.45, 2.75) is 116 Å². The van der Waals surface area contributed by atoms with E-state index in [1.807, 2.05) is 0 Å². The van der Waals surface area contributed by atoms with Crippen LogP contribution in [0.4, 0.5) is 0 Å². The van der Waals surface area contributed by atoms with Crippen molar-refractivity contribution in [3.05, 3.63) is 0 Å². The molecule has 7 heteroatoms. The summed E-state index contributed by atoms with van der Waals surface area (Å²) in [4.78, 5) is 3.82. The molecule has 0 aromatic carbocycles. The maximum absolute atomic E-state index is 11.5. The first-order valence-corrected chi connectivity index (χ1v) is 12.7. The van der Waals surface area contributed by atoms with Crippen molar-refractivity contribution in [1.29, 1.82) is 0 Å². The molecule has 0 bridgehead atoms. The molecule has 0 aliphatic heterocycles. The molecule has 0 spiro atoms. The molecule has 0 rings (SSSR count). The van der Waals surface area contributed by atoms with E-state index in [0.29, 0.717) is 6.42 Å². The Balaban J connectivity index is 0. The van der Waals surface area contributed by atoms with Gasteiger partial charge in [0.2, 0.25) is 0 Å². The van der Waals surface area contributed by atoms with E-state index in [1.165, 1.54) is 83.5 Å². The van der Waals surface area contributed by atoms with Crippen LogP contribution in [-0.4, -0.2) is 31.2 Å². The summed E-state index contributed by atoms with van der Waals surface area (Å²) in [5, 5.41) is 11.5. The first-order chi connectivity index (χ1) is 13.0. The zero-order valence-corrected chi connectivity index (χ0v) is 22.4. The van der Waals surface area contributed by atoms with E-state index in [2.05, 4.69) is 11.9 Å². The Kier molecular flexibility index (Phi) is 25.3. The fourth-order valence-electron chi connectivity index (χ4n) is 3.18. The van der Waals surface area contributed by atoms with Crippen molar-refractivity contribution in [1.82, 2.24) is 0 Å². The molecule has 0 heterocycles. The van der Waals surface area contributed by atoms with Gasteiger partial charge in [0.1, 0.15) is 0 Å². The molecule has 0 aliphatic carbocycles. The van der Waals surface area contributed by atoms with Crippen LogP contribution in [0.2, 0.25) is 0 Å². The zero-order chi connectivity index (χ0) is 20.2. The molecule has 0 saturated heterocycles. The molecular weight excluding hydrogens is 401 g/mol. The van der Waals surface area contributed by atoms with E-state index in [1.54, 1.807) is 0 Å². The number of nitrogens with zero attached hydrogens (tertiary/aromatic N) is 1. The van der Waals surface area contributed by atoms with Crippen molar-refractivity contribution >= 4 is 16.0 Å². The van der Waals surface area contributed by atoms with Crippen molar-refractivity contribution < 1.29 is 69.5 Å². The van der Waals surface area contributed by atoms with Crippen molar-refractivity contribution in [2.75, 3.05) is 12.3 Å². The van der Waals surface area contributed by atoms with Gasteiger partial charge in [0.15, 0.2) is 0 Å². The standard InChI is InChI=1S/C21H43NO4S.K/c1-2-3-4-5-6-7-8-9-10-11-12-13-14-15-16-18-21(23)22-19-17-20-27(24,25)26;/h2-20H2,1H3,(H,22,23)(H,24,25,26);/q;+1/p-1. The van der Waals surface area contributed by atoms with Gasteiger partial charge in [-0.25, -0.2) is 0 Å². The van der Waals surface area contributed by atoms with Crippen molar-refractivity contribution in [3.63, 3.8) is 0 Å². The zero-order valence-electron chi connectivity index (χ0n) is 18.5. The molecule has 0 aromatic rings. The van der Waals surface area contributed by atoms with Gasteiger partial charge in [-0.2, -0.15) is 8.42 Å². The predicted octanol–water partition coefficient (Wildman–Crippen LogP) is 2.29. The predicted molar refractivity (Wildman–Crippen MR) is 113 cm³/mol. The second-order valence-electron chi connectivity index (χ2n) is 7.61. The topological polar surface area (TPSA) is 89.8 Å². The molecular formula is C21H42KNO4S. The van der Waals surface area contributed by atoms with Crippen LogP contribution in [0.5, 0.6) is 0 Å². The molecule has 0 fully saturated rings. The second kappa shape index (κ2) is 22.7. The molecule has 28 heavy (non-hydrogen) atoms. The smallest absolute Gasteiger partial charge is 0.862 e. The van der Waals surface area contributed by atoms with Crippen LogP contribution in [0.1, 0.15) is 116 Å². The molecule has 0 atom stereocenters. The Bertz CT molecular complexity index is 455. The van der Waals surface area contributed by atoms with Gasteiger partial charge in [-0.1, -0.05) is 96.8 Å². The third kappa shape index (κ3) is 27.0. The summed E-state index contributed by atoms with van der Waals surface area (Å²) in [7, 11) is -3.94. The maximum Gasteiger partial charge on any atom is 1.00 e. The fraction of sp³-hybridized carbons (Fsp3) is 0.952. The molecule has 0 saturated carbocycles. The third-order valence-electron chi connectivity index (χ3n) is 4.84. The van der Waals surface area contributed by atoms with Gasteiger partial charge in [0.25, 0.3) is 10.1 Å². The van der Waals surface area contributed by atoms with E-state index in [-0.39, 0.29) is 76.0 Å². The van der Waals surface area contributed by atoms with Crippen LogP contribution in [0.25, 0.3) is 0 Å². The Labute approximate surface area is 216 Å². The Morgan fingerprint density at radius 2 is 1.14 bits per heavy atom. The average molecular weight is 444 g/mol. The third-order valence-corrected chi connectivity index (χ3v) is 5.65. The molecule has 0 unspecified atom stereocenters. The molecule has 0 aliphatic rings. The summed E-state index contributed by atoms with van der Waals surface area (Å²) in [6.45, 7) is 2.44. The van der Waals surface area contributed by atoms with Crippen LogP contribution in [0.15, 0.2) is 4.99 Å². The summed E-state index contributed by atoms with van der Waals surface area (Å²) >= 11 is 0. The molecule has 0 amide bonds. The first kappa shape index (κ1) is 31.2. The number of hydrogen-bond donors (Lipinski definition) is 1.